The molecule has 0 aliphatic carbocycles. The number of halogens is 2. The van der Waals surface area contributed by atoms with Crippen molar-refractivity contribution in [3.8, 4) is 0 Å². The molecule has 0 spiro atoms. The van der Waals surface area contributed by atoms with Gasteiger partial charge in [0.25, 0.3) is 0 Å². The third-order valence-corrected chi connectivity index (χ3v) is 7.85. The van der Waals surface area contributed by atoms with Gasteiger partial charge in [-0.1, -0.05) is 66.7 Å². The number of rotatable bonds is 0. The predicted octanol–water partition coefficient (Wildman–Crippen LogP) is 7.51. The van der Waals surface area contributed by atoms with Crippen molar-refractivity contribution >= 4 is 88.3 Å². The van der Waals surface area contributed by atoms with Crippen LogP contribution >= 0.6 is 45.2 Å². The van der Waals surface area contributed by atoms with Crippen LogP contribution in [0.1, 0.15) is 0 Å². The monoisotopic (exact) mass is 530 g/mol. The number of benzene rings is 5. The molecule has 0 nitrogen and oxygen atoms in total. The molecule has 0 heterocycles. The van der Waals surface area contributed by atoms with Gasteiger partial charge in [-0.3, -0.25) is 0 Å². The highest BCUT2D eigenvalue weighted by atomic mass is 127. The topological polar surface area (TPSA) is 0 Å². The van der Waals surface area contributed by atoms with E-state index in [0.717, 1.165) is 0 Å². The van der Waals surface area contributed by atoms with Gasteiger partial charge in [-0.05, 0) is 89.0 Å². The van der Waals surface area contributed by atoms with Crippen LogP contribution in [0.2, 0.25) is 0 Å². The molecule has 0 aromatic heterocycles. The Hall–Kier alpha value is -1.40. The Labute approximate surface area is 167 Å². The van der Waals surface area contributed by atoms with Gasteiger partial charge in [0.15, 0.2) is 0 Å². The molecule has 0 amide bonds. The molecule has 0 fully saturated rings. The van der Waals surface area contributed by atoms with Crippen LogP contribution in [0.15, 0.2) is 72.8 Å². The number of hydrogen-bond acceptors (Lipinski definition) is 0. The Morgan fingerprint density at radius 3 is 1.92 bits per heavy atom. The molecular formula is C22H12I2. The molecule has 114 valence electrons. The van der Waals surface area contributed by atoms with Crippen molar-refractivity contribution in [2.24, 2.45) is 0 Å². The molecule has 5 aromatic carbocycles. The third kappa shape index (κ3) is 2.09. The zero-order valence-electron chi connectivity index (χ0n) is 12.7. The molecule has 0 radical (unpaired) electrons. The van der Waals surface area contributed by atoms with E-state index in [4.69, 9.17) is 0 Å². The first-order valence-electron chi connectivity index (χ1n) is 7.85. The average molecular weight is 530 g/mol. The minimum absolute atomic E-state index is 1.30. The molecular weight excluding hydrogens is 518 g/mol. The lowest BCUT2D eigenvalue weighted by Crippen LogP contribution is -1.87. The van der Waals surface area contributed by atoms with Crippen LogP contribution in [-0.2, 0) is 0 Å². The molecule has 2 heteroatoms. The Morgan fingerprint density at radius 1 is 0.458 bits per heavy atom. The Bertz CT molecular complexity index is 1270. The van der Waals surface area contributed by atoms with Gasteiger partial charge in [0, 0.05) is 12.5 Å². The van der Waals surface area contributed by atoms with Crippen LogP contribution in [0.25, 0.3) is 43.1 Å². The van der Waals surface area contributed by atoms with Gasteiger partial charge in [-0.15, -0.1) is 0 Å². The first-order chi connectivity index (χ1) is 11.7. The maximum absolute atomic E-state index is 2.48. The second kappa shape index (κ2) is 5.56. The number of fused-ring (bicyclic) bond motifs is 7. The Morgan fingerprint density at radius 2 is 1.04 bits per heavy atom. The standard InChI is InChI=1S/C22H12I2/c23-20-12-7-14-6-9-18-17-8-5-13-3-1-2-4-15(13)16(17)10-11-19(18)21(14)22(20)24/h1-12H. The van der Waals surface area contributed by atoms with Crippen molar-refractivity contribution in [2.75, 3.05) is 0 Å². The highest BCUT2D eigenvalue weighted by molar-refractivity contribution is 14.1. The van der Waals surface area contributed by atoms with Crippen LogP contribution < -0.4 is 0 Å². The maximum Gasteiger partial charge on any atom is 0.0348 e. The highest BCUT2D eigenvalue weighted by Gasteiger charge is 2.10. The van der Waals surface area contributed by atoms with Crippen molar-refractivity contribution in [2.45, 2.75) is 0 Å². The van der Waals surface area contributed by atoms with Crippen LogP contribution in [-0.4, -0.2) is 0 Å². The molecule has 0 aliphatic rings. The molecule has 0 saturated heterocycles. The third-order valence-electron chi connectivity index (χ3n) is 4.79. The van der Waals surface area contributed by atoms with E-state index in [1.165, 1.54) is 50.2 Å². The van der Waals surface area contributed by atoms with Gasteiger partial charge in [0.05, 0.1) is 0 Å². The first-order valence-corrected chi connectivity index (χ1v) is 10.0. The van der Waals surface area contributed by atoms with Gasteiger partial charge in [0.2, 0.25) is 0 Å². The van der Waals surface area contributed by atoms with Crippen molar-refractivity contribution < 1.29 is 0 Å². The summed E-state index contributed by atoms with van der Waals surface area (Å²) in [7, 11) is 0. The fourth-order valence-electron chi connectivity index (χ4n) is 3.66. The van der Waals surface area contributed by atoms with E-state index >= 15 is 0 Å². The summed E-state index contributed by atoms with van der Waals surface area (Å²) in [5.74, 6) is 0. The molecule has 0 bridgehead atoms. The maximum atomic E-state index is 2.48. The average Bonchev–Trinajstić information content (AvgIpc) is 2.63. The van der Waals surface area contributed by atoms with Crippen molar-refractivity contribution in [3.05, 3.63) is 79.9 Å². The highest BCUT2D eigenvalue weighted by Crippen LogP contribution is 2.37. The van der Waals surface area contributed by atoms with E-state index in [1.54, 1.807) is 0 Å². The molecule has 0 aliphatic heterocycles. The van der Waals surface area contributed by atoms with E-state index in [-0.39, 0.29) is 0 Å². The van der Waals surface area contributed by atoms with Gasteiger partial charge < -0.3 is 0 Å². The molecule has 24 heavy (non-hydrogen) atoms. The van der Waals surface area contributed by atoms with Crippen LogP contribution in [0, 0.1) is 7.14 Å². The van der Waals surface area contributed by atoms with Gasteiger partial charge in [-0.2, -0.15) is 0 Å². The van der Waals surface area contributed by atoms with Crippen LogP contribution in [0.4, 0.5) is 0 Å². The lowest BCUT2D eigenvalue weighted by Gasteiger charge is -2.11. The Kier molecular flexibility index (Phi) is 3.45. The first kappa shape index (κ1) is 14.9. The lowest BCUT2D eigenvalue weighted by molar-refractivity contribution is 1.67. The minimum Gasteiger partial charge on any atom is -0.0616 e. The summed E-state index contributed by atoms with van der Waals surface area (Å²) in [5.41, 5.74) is 0. The second-order valence-electron chi connectivity index (χ2n) is 6.07. The summed E-state index contributed by atoms with van der Waals surface area (Å²) in [6, 6.07) is 26.7. The van der Waals surface area contributed by atoms with E-state index in [2.05, 4.69) is 118 Å². The zero-order chi connectivity index (χ0) is 16.3. The number of hydrogen-bond donors (Lipinski definition) is 0. The summed E-state index contributed by atoms with van der Waals surface area (Å²) in [6.07, 6.45) is 0. The summed E-state index contributed by atoms with van der Waals surface area (Å²) >= 11 is 4.91. The zero-order valence-corrected chi connectivity index (χ0v) is 17.0. The van der Waals surface area contributed by atoms with E-state index in [0.29, 0.717) is 0 Å². The molecule has 5 aromatic rings. The van der Waals surface area contributed by atoms with E-state index in [9.17, 15) is 0 Å². The van der Waals surface area contributed by atoms with Gasteiger partial charge in [-0.25, -0.2) is 0 Å². The fourth-order valence-corrected chi connectivity index (χ4v) is 4.89. The van der Waals surface area contributed by atoms with Crippen molar-refractivity contribution in [1.29, 1.82) is 0 Å². The quantitative estimate of drug-likeness (QED) is 0.144. The second-order valence-corrected chi connectivity index (χ2v) is 8.31. The fraction of sp³-hybridized carbons (Fsp3) is 0. The molecule has 0 N–H and O–H groups in total. The van der Waals surface area contributed by atoms with Gasteiger partial charge in [0.1, 0.15) is 0 Å². The SMILES string of the molecule is Ic1ccc2ccc3c4ccc5ccccc5c4ccc3c2c1I. The molecule has 0 atom stereocenters. The summed E-state index contributed by atoms with van der Waals surface area (Å²) in [6.45, 7) is 0. The largest absolute Gasteiger partial charge is 0.0616 e. The van der Waals surface area contributed by atoms with E-state index in [1.807, 2.05) is 0 Å². The van der Waals surface area contributed by atoms with Crippen molar-refractivity contribution in [3.63, 3.8) is 0 Å². The smallest absolute Gasteiger partial charge is 0.0348 e. The lowest BCUT2D eigenvalue weighted by atomic mass is 9.94. The summed E-state index contributed by atoms with van der Waals surface area (Å²) in [5, 5.41) is 10.7. The van der Waals surface area contributed by atoms with Crippen LogP contribution in [0.5, 0.6) is 0 Å². The summed E-state index contributed by atoms with van der Waals surface area (Å²) in [4.78, 5) is 0. The van der Waals surface area contributed by atoms with Crippen molar-refractivity contribution in [1.82, 2.24) is 0 Å². The summed E-state index contributed by atoms with van der Waals surface area (Å²) < 4.78 is 2.66. The molecule has 0 saturated carbocycles. The van der Waals surface area contributed by atoms with E-state index < -0.39 is 0 Å². The molecule has 5 rings (SSSR count). The Balaban J connectivity index is 2.04. The minimum atomic E-state index is 1.30. The molecule has 0 unspecified atom stereocenters. The normalized spacial score (nSPS) is 11.8. The predicted molar refractivity (Wildman–Crippen MR) is 122 cm³/mol. The van der Waals surface area contributed by atoms with Crippen LogP contribution in [0.3, 0.4) is 0 Å². The van der Waals surface area contributed by atoms with Gasteiger partial charge >= 0.3 is 0 Å².